The van der Waals surface area contributed by atoms with E-state index in [1.165, 1.54) is 6.07 Å². The summed E-state index contributed by atoms with van der Waals surface area (Å²) in [4.78, 5) is 0. The second kappa shape index (κ2) is 8.97. The van der Waals surface area contributed by atoms with Crippen molar-refractivity contribution in [1.29, 1.82) is 0 Å². The van der Waals surface area contributed by atoms with Crippen LogP contribution in [0.15, 0.2) is 42.5 Å². The topological polar surface area (TPSA) is 18.5 Å². The smallest absolute Gasteiger partial charge is 0.387 e. The Labute approximate surface area is 143 Å². The number of alkyl halides is 4. The van der Waals surface area contributed by atoms with Crippen LogP contribution in [0.5, 0.6) is 11.5 Å². The summed E-state index contributed by atoms with van der Waals surface area (Å²) in [6.45, 7) is -1.34. The van der Waals surface area contributed by atoms with E-state index in [-0.39, 0.29) is 18.8 Å². The molecule has 0 heterocycles. The van der Waals surface area contributed by atoms with Gasteiger partial charge in [0, 0.05) is 23.1 Å². The van der Waals surface area contributed by atoms with Gasteiger partial charge in [0.15, 0.2) is 0 Å². The lowest BCUT2D eigenvalue weighted by atomic mass is 10.1. The number of rotatable bonds is 6. The van der Waals surface area contributed by atoms with Gasteiger partial charge in [-0.2, -0.15) is 8.78 Å². The van der Waals surface area contributed by atoms with Gasteiger partial charge in [-0.3, -0.25) is 0 Å². The Morgan fingerprint density at radius 2 is 1.76 bits per heavy atom. The van der Waals surface area contributed by atoms with E-state index in [9.17, 15) is 17.6 Å². The maximum Gasteiger partial charge on any atom is 0.387 e. The molecule has 25 heavy (non-hydrogen) atoms. The van der Waals surface area contributed by atoms with Crippen LogP contribution >= 0.6 is 0 Å². The van der Waals surface area contributed by atoms with Crippen LogP contribution in [0.1, 0.15) is 23.1 Å². The first-order valence-corrected chi connectivity index (χ1v) is 7.53. The fourth-order valence-corrected chi connectivity index (χ4v) is 2.04. The van der Waals surface area contributed by atoms with Crippen LogP contribution in [0.3, 0.4) is 0 Å². The monoisotopic (exact) mass is 352 g/mol. The molecule has 0 fully saturated rings. The van der Waals surface area contributed by atoms with Gasteiger partial charge < -0.3 is 9.47 Å². The number of hydrogen-bond acceptors (Lipinski definition) is 2. The summed E-state index contributed by atoms with van der Waals surface area (Å²) in [5.41, 5.74) is 1.69. The summed E-state index contributed by atoms with van der Waals surface area (Å²) in [5.74, 6) is 6.31. The summed E-state index contributed by atoms with van der Waals surface area (Å²) in [6.07, 6.45) is -2.75. The molecule has 0 aliphatic heterocycles. The fourth-order valence-electron chi connectivity index (χ4n) is 2.04. The molecule has 0 saturated heterocycles. The third-order valence-corrected chi connectivity index (χ3v) is 3.28. The van der Waals surface area contributed by atoms with Crippen molar-refractivity contribution in [1.82, 2.24) is 0 Å². The zero-order valence-corrected chi connectivity index (χ0v) is 13.4. The predicted molar refractivity (Wildman–Crippen MR) is 86.3 cm³/mol. The van der Waals surface area contributed by atoms with E-state index < -0.39 is 13.0 Å². The van der Waals surface area contributed by atoms with Gasteiger partial charge in [-0.25, -0.2) is 8.78 Å². The molecule has 2 rings (SSSR count). The second-order valence-corrected chi connectivity index (χ2v) is 5.11. The summed E-state index contributed by atoms with van der Waals surface area (Å²) >= 11 is 0. The first-order chi connectivity index (χ1) is 12.0. The molecule has 0 bridgehead atoms. The third-order valence-electron chi connectivity index (χ3n) is 3.28. The van der Waals surface area contributed by atoms with Crippen molar-refractivity contribution in [3.05, 3.63) is 59.2 Å². The van der Waals surface area contributed by atoms with E-state index >= 15 is 0 Å². The van der Waals surface area contributed by atoms with E-state index in [0.29, 0.717) is 22.4 Å². The predicted octanol–water partition coefficient (Wildman–Crippen LogP) is 5.03. The summed E-state index contributed by atoms with van der Waals surface area (Å²) < 4.78 is 58.6. The van der Waals surface area contributed by atoms with Crippen LogP contribution in [0.2, 0.25) is 0 Å². The van der Waals surface area contributed by atoms with Crippen molar-refractivity contribution < 1.29 is 27.0 Å². The molecule has 132 valence electrons. The molecule has 0 spiro atoms. The molecule has 2 aromatic rings. The van der Waals surface area contributed by atoms with E-state index in [4.69, 9.17) is 4.74 Å². The van der Waals surface area contributed by atoms with E-state index in [0.717, 1.165) is 0 Å². The lowest BCUT2D eigenvalue weighted by Gasteiger charge is -2.08. The van der Waals surface area contributed by atoms with Gasteiger partial charge in [0.05, 0.1) is 6.61 Å². The quantitative estimate of drug-likeness (QED) is 0.536. The van der Waals surface area contributed by atoms with Gasteiger partial charge in [0.1, 0.15) is 11.5 Å². The summed E-state index contributed by atoms with van der Waals surface area (Å²) in [6, 6.07) is 11.4. The van der Waals surface area contributed by atoms with Gasteiger partial charge in [0.25, 0.3) is 0 Å². The maximum atomic E-state index is 12.4. The molecule has 0 aliphatic rings. The first-order valence-electron chi connectivity index (χ1n) is 7.53. The Balaban J connectivity index is 2.13. The maximum absolute atomic E-state index is 12.4. The number of hydrogen-bond donors (Lipinski definition) is 0. The highest BCUT2D eigenvalue weighted by Gasteiger charge is 2.08. The molecule has 0 radical (unpaired) electrons. The van der Waals surface area contributed by atoms with Crippen molar-refractivity contribution in [2.45, 2.75) is 26.4 Å². The molecule has 2 nitrogen and oxygen atoms in total. The van der Waals surface area contributed by atoms with Gasteiger partial charge in [-0.05, 0) is 37.3 Å². The zero-order valence-electron chi connectivity index (χ0n) is 13.4. The minimum atomic E-state index is -2.90. The average Bonchev–Trinajstić information content (AvgIpc) is 2.55. The molecule has 0 saturated carbocycles. The molecule has 6 heteroatoms. The zero-order chi connectivity index (χ0) is 18.2. The van der Waals surface area contributed by atoms with Crippen molar-refractivity contribution in [2.24, 2.45) is 0 Å². The average molecular weight is 352 g/mol. The Bertz CT molecular complexity index is 764. The molecule has 0 aliphatic carbocycles. The summed E-state index contributed by atoms with van der Waals surface area (Å²) in [5, 5.41) is 0. The van der Waals surface area contributed by atoms with Crippen LogP contribution in [-0.4, -0.2) is 19.6 Å². The Morgan fingerprint density at radius 1 is 1.00 bits per heavy atom. The SMILES string of the molecule is Cc1c(C#Cc2cccc(OCCC(F)F)c2)cccc1OC(F)F. The molecule has 0 amide bonds. The summed E-state index contributed by atoms with van der Waals surface area (Å²) in [7, 11) is 0. The first kappa shape index (κ1) is 18.7. The van der Waals surface area contributed by atoms with Gasteiger partial charge in [-0.15, -0.1) is 0 Å². The lowest BCUT2D eigenvalue weighted by molar-refractivity contribution is -0.0503. The van der Waals surface area contributed by atoms with Crippen molar-refractivity contribution >= 4 is 0 Å². The van der Waals surface area contributed by atoms with E-state index in [1.807, 2.05) is 0 Å². The molecular weight excluding hydrogens is 336 g/mol. The number of halogens is 4. The van der Waals surface area contributed by atoms with Gasteiger partial charge >= 0.3 is 6.61 Å². The van der Waals surface area contributed by atoms with Crippen LogP contribution in [0.4, 0.5) is 17.6 Å². The highest BCUT2D eigenvalue weighted by atomic mass is 19.3. The Kier molecular flexibility index (Phi) is 6.70. The van der Waals surface area contributed by atoms with E-state index in [1.54, 1.807) is 43.3 Å². The van der Waals surface area contributed by atoms with Gasteiger partial charge in [-0.1, -0.05) is 24.0 Å². The Morgan fingerprint density at radius 3 is 2.48 bits per heavy atom. The highest BCUT2D eigenvalue weighted by Crippen LogP contribution is 2.22. The highest BCUT2D eigenvalue weighted by molar-refractivity contribution is 5.51. The van der Waals surface area contributed by atoms with Crippen LogP contribution in [0.25, 0.3) is 0 Å². The second-order valence-electron chi connectivity index (χ2n) is 5.11. The van der Waals surface area contributed by atoms with Crippen molar-refractivity contribution in [2.75, 3.05) is 6.61 Å². The van der Waals surface area contributed by atoms with Crippen LogP contribution in [-0.2, 0) is 0 Å². The Hall–Kier alpha value is -2.68. The van der Waals surface area contributed by atoms with E-state index in [2.05, 4.69) is 16.6 Å². The van der Waals surface area contributed by atoms with Crippen molar-refractivity contribution in [3.63, 3.8) is 0 Å². The minimum Gasteiger partial charge on any atom is -0.493 e. The standard InChI is InChI=1S/C19H16F4O2/c1-13-15(5-3-7-17(13)25-19(22)23)9-8-14-4-2-6-16(12-14)24-11-10-18(20)21/h2-7,12,18-19H,10-11H2,1H3. The van der Waals surface area contributed by atoms with Crippen molar-refractivity contribution in [3.8, 4) is 23.3 Å². The molecular formula is C19H16F4O2. The molecule has 0 unspecified atom stereocenters. The largest absolute Gasteiger partial charge is 0.493 e. The minimum absolute atomic E-state index is 0.0749. The van der Waals surface area contributed by atoms with Gasteiger partial charge in [0.2, 0.25) is 6.43 Å². The third kappa shape index (κ3) is 6.03. The molecule has 2 aromatic carbocycles. The van der Waals surface area contributed by atoms with Crippen LogP contribution in [0, 0.1) is 18.8 Å². The molecule has 0 atom stereocenters. The lowest BCUT2D eigenvalue weighted by Crippen LogP contribution is -2.03. The molecule has 0 N–H and O–H groups in total. The molecule has 0 aromatic heterocycles. The number of benzene rings is 2. The number of ether oxygens (including phenoxy) is 2. The fraction of sp³-hybridized carbons (Fsp3) is 0.263. The van der Waals surface area contributed by atoms with Crippen LogP contribution < -0.4 is 9.47 Å². The normalized spacial score (nSPS) is 10.5.